The molecule has 2 aromatic carbocycles. The van der Waals surface area contributed by atoms with E-state index in [0.29, 0.717) is 12.1 Å². The van der Waals surface area contributed by atoms with Gasteiger partial charge < -0.3 is 14.7 Å². The Hall–Kier alpha value is -5.09. The van der Waals surface area contributed by atoms with Gasteiger partial charge in [0.1, 0.15) is 22.9 Å². The number of hydrogen-bond donors (Lipinski definition) is 3. The van der Waals surface area contributed by atoms with Crippen LogP contribution < -0.4 is 5.32 Å². The van der Waals surface area contributed by atoms with Gasteiger partial charge in [-0.05, 0) is 66.9 Å². The first-order valence-electron chi connectivity index (χ1n) is 13.8. The molecule has 0 saturated carbocycles. The molecule has 42 heavy (non-hydrogen) atoms. The third-order valence-corrected chi connectivity index (χ3v) is 7.82. The number of esters is 1. The molecule has 9 nitrogen and oxygen atoms in total. The normalized spacial score (nSPS) is 18.2. The van der Waals surface area contributed by atoms with E-state index in [1.165, 1.54) is 12.1 Å². The van der Waals surface area contributed by atoms with E-state index in [9.17, 15) is 9.18 Å². The van der Waals surface area contributed by atoms with Crippen LogP contribution in [0.3, 0.4) is 0 Å². The zero-order valence-corrected chi connectivity index (χ0v) is 23.1. The van der Waals surface area contributed by atoms with E-state index in [1.807, 2.05) is 43.7 Å². The lowest BCUT2D eigenvalue weighted by Gasteiger charge is -2.41. The third kappa shape index (κ3) is 4.19. The summed E-state index contributed by atoms with van der Waals surface area (Å²) in [6, 6.07) is 19.6. The molecule has 0 bridgehead atoms. The summed E-state index contributed by atoms with van der Waals surface area (Å²) in [5.41, 5.74) is 5.31. The molecule has 7 rings (SSSR count). The van der Waals surface area contributed by atoms with Crippen molar-refractivity contribution >= 4 is 16.9 Å². The fraction of sp³-hybridized carbons (Fsp3) is 0.188. The van der Waals surface area contributed by atoms with Gasteiger partial charge in [0, 0.05) is 29.7 Å². The van der Waals surface area contributed by atoms with Gasteiger partial charge in [-0.15, -0.1) is 0 Å². The summed E-state index contributed by atoms with van der Waals surface area (Å²) in [6.45, 7) is 2.02. The van der Waals surface area contributed by atoms with Crippen LogP contribution in [0.25, 0.3) is 22.2 Å². The number of halogens is 1. The van der Waals surface area contributed by atoms with Crippen LogP contribution >= 0.6 is 0 Å². The topological polar surface area (TPSA) is 114 Å². The van der Waals surface area contributed by atoms with Gasteiger partial charge >= 0.3 is 5.97 Å². The zero-order chi connectivity index (χ0) is 28.8. The summed E-state index contributed by atoms with van der Waals surface area (Å²) in [7, 11) is 1.87. The molecule has 0 saturated heterocycles. The number of rotatable bonds is 6. The Bertz CT molecular complexity index is 1920. The van der Waals surface area contributed by atoms with Crippen molar-refractivity contribution in [3.63, 3.8) is 0 Å². The summed E-state index contributed by atoms with van der Waals surface area (Å²) in [5.74, 6) is -0.0573. The Labute approximate surface area is 240 Å². The van der Waals surface area contributed by atoms with Crippen molar-refractivity contribution in [2.45, 2.75) is 24.9 Å². The maximum Gasteiger partial charge on any atom is 0.356 e. The van der Waals surface area contributed by atoms with Crippen molar-refractivity contribution < 1.29 is 13.9 Å². The lowest BCUT2D eigenvalue weighted by molar-refractivity contribution is 0.0518. The summed E-state index contributed by atoms with van der Waals surface area (Å²) >= 11 is 0. The van der Waals surface area contributed by atoms with Gasteiger partial charge in [0.25, 0.3) is 0 Å². The van der Waals surface area contributed by atoms with E-state index in [-0.39, 0.29) is 24.2 Å². The molecule has 0 fully saturated rings. The minimum Gasteiger partial charge on any atom is -0.461 e. The number of imidazole rings is 1. The number of benzene rings is 2. The van der Waals surface area contributed by atoms with Crippen LogP contribution in [0.4, 0.5) is 4.39 Å². The molecule has 6 aromatic rings. The number of carbonyl (C=O) groups is 1. The highest BCUT2D eigenvalue weighted by Gasteiger charge is 2.48. The van der Waals surface area contributed by atoms with Crippen LogP contribution in [0.15, 0.2) is 85.3 Å². The maximum absolute atomic E-state index is 13.6. The minimum atomic E-state index is -1.02. The number of hydrogen-bond acceptors (Lipinski definition) is 6. The average molecular weight is 562 g/mol. The quantitative estimate of drug-likeness (QED) is 0.242. The molecule has 1 aliphatic heterocycles. The SMILES string of the molecule is CCOC(=O)c1cccc(C2(c3cnn(C)c3)N[C@@H](c3ncc(-c4ccc(F)cc4)[nH]3)Cc3c2[nH]c2ccccc32)n1. The summed E-state index contributed by atoms with van der Waals surface area (Å²) in [6.07, 6.45) is 6.17. The van der Waals surface area contributed by atoms with Gasteiger partial charge in [0.2, 0.25) is 0 Å². The highest BCUT2D eigenvalue weighted by molar-refractivity contribution is 5.88. The minimum absolute atomic E-state index is 0.218. The largest absolute Gasteiger partial charge is 0.461 e. The van der Waals surface area contributed by atoms with E-state index < -0.39 is 11.5 Å². The fourth-order valence-electron chi connectivity index (χ4n) is 5.93. The standard InChI is InChI=1S/C32H28FN7O2/c1-3-42-31(41)25-9-6-10-28(36-25)32(20-16-35-40(2)18-20)29-23(22-7-4-5-8-24(22)37-29)15-26(39-32)30-34-17-27(38-30)19-11-13-21(33)14-12-19/h4-14,16-18,26,37,39H,3,15H2,1-2H3,(H,34,38)/t26-,32?/m1/s1. The number of fused-ring (bicyclic) bond motifs is 3. The van der Waals surface area contributed by atoms with E-state index in [4.69, 9.17) is 14.7 Å². The van der Waals surface area contributed by atoms with Gasteiger partial charge in [0.15, 0.2) is 0 Å². The molecule has 2 atom stereocenters. The first-order valence-corrected chi connectivity index (χ1v) is 13.8. The lowest BCUT2D eigenvalue weighted by atomic mass is 9.77. The number of nitrogens with one attached hydrogen (secondary N) is 3. The number of H-pyrrole nitrogens is 2. The van der Waals surface area contributed by atoms with Gasteiger partial charge in [-0.1, -0.05) is 24.3 Å². The number of aromatic amines is 2. The second-order valence-electron chi connectivity index (χ2n) is 10.4. The van der Waals surface area contributed by atoms with E-state index in [2.05, 4.69) is 32.5 Å². The highest BCUT2D eigenvalue weighted by atomic mass is 19.1. The second kappa shape index (κ2) is 10.1. The number of aromatic nitrogens is 6. The van der Waals surface area contributed by atoms with Crippen LogP contribution in [0, 0.1) is 5.82 Å². The number of para-hydroxylation sites is 1. The number of nitrogens with zero attached hydrogens (tertiary/aromatic N) is 4. The molecular formula is C32H28FN7O2. The first-order chi connectivity index (χ1) is 20.5. The maximum atomic E-state index is 13.6. The first kappa shape index (κ1) is 25.8. The fourth-order valence-corrected chi connectivity index (χ4v) is 5.93. The van der Waals surface area contributed by atoms with Gasteiger partial charge in [-0.3, -0.25) is 10.00 Å². The Morgan fingerprint density at radius 2 is 1.90 bits per heavy atom. The molecule has 0 aliphatic carbocycles. The van der Waals surface area contributed by atoms with Gasteiger partial charge in [-0.25, -0.2) is 19.2 Å². The molecule has 4 aromatic heterocycles. The Morgan fingerprint density at radius 1 is 1.07 bits per heavy atom. The highest BCUT2D eigenvalue weighted by Crippen LogP contribution is 2.46. The van der Waals surface area contributed by atoms with Crippen LogP contribution in [-0.4, -0.2) is 42.3 Å². The van der Waals surface area contributed by atoms with Crippen molar-refractivity contribution in [3.05, 3.63) is 125 Å². The molecule has 3 N–H and O–H groups in total. The monoisotopic (exact) mass is 561 g/mol. The van der Waals surface area contributed by atoms with Crippen LogP contribution in [-0.2, 0) is 23.7 Å². The number of pyridine rings is 1. The van der Waals surface area contributed by atoms with Crippen molar-refractivity contribution in [1.29, 1.82) is 0 Å². The summed E-state index contributed by atoms with van der Waals surface area (Å²) in [4.78, 5) is 29.6. The molecule has 1 aliphatic rings. The molecule has 10 heteroatoms. The second-order valence-corrected chi connectivity index (χ2v) is 10.4. The molecule has 210 valence electrons. The summed E-state index contributed by atoms with van der Waals surface area (Å²) in [5, 5.41) is 9.48. The third-order valence-electron chi connectivity index (χ3n) is 7.82. The predicted molar refractivity (Wildman–Crippen MR) is 155 cm³/mol. The van der Waals surface area contributed by atoms with Crippen molar-refractivity contribution in [3.8, 4) is 11.3 Å². The Morgan fingerprint density at radius 3 is 2.69 bits per heavy atom. The van der Waals surface area contributed by atoms with Crippen molar-refractivity contribution in [2.24, 2.45) is 7.05 Å². The van der Waals surface area contributed by atoms with E-state index in [0.717, 1.165) is 44.8 Å². The molecule has 0 spiro atoms. The van der Waals surface area contributed by atoms with E-state index >= 15 is 0 Å². The van der Waals surface area contributed by atoms with Crippen LogP contribution in [0.2, 0.25) is 0 Å². The summed E-state index contributed by atoms with van der Waals surface area (Å²) < 4.78 is 20.6. The molecular weight excluding hydrogens is 533 g/mol. The lowest BCUT2D eigenvalue weighted by Crippen LogP contribution is -2.51. The van der Waals surface area contributed by atoms with Gasteiger partial charge in [-0.2, -0.15) is 5.10 Å². The number of aryl methyl sites for hydroxylation is 1. The molecule has 0 radical (unpaired) electrons. The molecule has 0 amide bonds. The molecule has 5 heterocycles. The van der Waals surface area contributed by atoms with E-state index in [1.54, 1.807) is 36.0 Å². The van der Waals surface area contributed by atoms with Crippen molar-refractivity contribution in [1.82, 2.24) is 35.0 Å². The smallest absolute Gasteiger partial charge is 0.356 e. The van der Waals surface area contributed by atoms with Crippen LogP contribution in [0.5, 0.6) is 0 Å². The average Bonchev–Trinajstić information content (AvgIpc) is 3.76. The Kier molecular flexibility index (Phi) is 6.20. The number of ether oxygens (including phenoxy) is 1. The van der Waals surface area contributed by atoms with Crippen LogP contribution in [0.1, 0.15) is 51.8 Å². The number of carbonyl (C=O) groups excluding carboxylic acids is 1. The predicted octanol–water partition coefficient (Wildman–Crippen LogP) is 5.18. The molecule has 1 unspecified atom stereocenters. The van der Waals surface area contributed by atoms with Gasteiger partial charge in [0.05, 0.1) is 42.1 Å². The zero-order valence-electron chi connectivity index (χ0n) is 23.1. The van der Waals surface area contributed by atoms with Crippen molar-refractivity contribution in [2.75, 3.05) is 6.61 Å². The Balaban J connectivity index is 1.44.